The van der Waals surface area contributed by atoms with Crippen molar-refractivity contribution < 1.29 is 14.7 Å². The number of aryl methyl sites for hydroxylation is 1. The van der Waals surface area contributed by atoms with Crippen molar-refractivity contribution in [1.82, 2.24) is 10.3 Å². The molecule has 1 amide bonds. The maximum absolute atomic E-state index is 11.7. The third-order valence-corrected chi connectivity index (χ3v) is 2.84. The molecule has 0 spiro atoms. The Kier molecular flexibility index (Phi) is 6.57. The second-order valence-corrected chi connectivity index (χ2v) is 4.46. The van der Waals surface area contributed by atoms with Crippen molar-refractivity contribution in [2.75, 3.05) is 0 Å². The zero-order valence-corrected chi connectivity index (χ0v) is 11.1. The number of aromatic nitrogens is 1. The van der Waals surface area contributed by atoms with Crippen molar-refractivity contribution in [3.63, 3.8) is 0 Å². The molecule has 0 aromatic carbocycles. The molecule has 2 N–H and O–H groups in total. The van der Waals surface area contributed by atoms with E-state index in [0.717, 1.165) is 18.4 Å². The van der Waals surface area contributed by atoms with E-state index in [0.29, 0.717) is 12.8 Å². The Labute approximate surface area is 113 Å². The number of hydrogen-bond donors (Lipinski definition) is 2. The lowest BCUT2D eigenvalue weighted by Crippen LogP contribution is -2.40. The van der Waals surface area contributed by atoms with Gasteiger partial charge in [-0.25, -0.2) is 4.79 Å². The van der Waals surface area contributed by atoms with Gasteiger partial charge in [0, 0.05) is 18.8 Å². The number of carboxylic acids is 1. The van der Waals surface area contributed by atoms with Crippen LogP contribution >= 0.6 is 0 Å². The van der Waals surface area contributed by atoms with Crippen molar-refractivity contribution in [2.24, 2.45) is 0 Å². The minimum Gasteiger partial charge on any atom is -0.480 e. The number of rotatable bonds is 8. The maximum atomic E-state index is 11.7. The van der Waals surface area contributed by atoms with E-state index < -0.39 is 12.0 Å². The molecule has 1 atom stereocenters. The quantitative estimate of drug-likeness (QED) is 0.750. The van der Waals surface area contributed by atoms with Gasteiger partial charge in [0.2, 0.25) is 5.91 Å². The Morgan fingerprint density at radius 1 is 1.47 bits per heavy atom. The topological polar surface area (TPSA) is 79.3 Å². The summed E-state index contributed by atoms with van der Waals surface area (Å²) in [4.78, 5) is 26.7. The van der Waals surface area contributed by atoms with Crippen molar-refractivity contribution in [2.45, 2.75) is 45.1 Å². The Balaban J connectivity index is 2.38. The Bertz CT molecular complexity index is 406. The van der Waals surface area contributed by atoms with Gasteiger partial charge < -0.3 is 10.4 Å². The molecule has 0 aliphatic heterocycles. The van der Waals surface area contributed by atoms with Crippen LogP contribution in [0, 0.1) is 0 Å². The van der Waals surface area contributed by atoms with Gasteiger partial charge in [0.1, 0.15) is 6.04 Å². The Hall–Kier alpha value is -1.91. The van der Waals surface area contributed by atoms with Gasteiger partial charge in [-0.2, -0.15) is 0 Å². The number of pyridine rings is 1. The summed E-state index contributed by atoms with van der Waals surface area (Å²) in [6.07, 6.45) is 6.41. The average Bonchev–Trinajstić information content (AvgIpc) is 2.42. The van der Waals surface area contributed by atoms with Crippen molar-refractivity contribution >= 4 is 11.9 Å². The predicted octanol–water partition coefficient (Wildman–Crippen LogP) is 1.77. The highest BCUT2D eigenvalue weighted by Gasteiger charge is 2.18. The molecule has 1 heterocycles. The van der Waals surface area contributed by atoms with Crippen molar-refractivity contribution in [1.29, 1.82) is 0 Å². The summed E-state index contributed by atoms with van der Waals surface area (Å²) in [6.45, 7) is 1.99. The zero-order chi connectivity index (χ0) is 14.1. The molecule has 0 aliphatic rings. The van der Waals surface area contributed by atoms with E-state index in [9.17, 15) is 9.59 Å². The number of carboxylic acid groups (broad SMARTS) is 1. The lowest BCUT2D eigenvalue weighted by atomic mass is 10.1. The molecular weight excluding hydrogens is 244 g/mol. The summed E-state index contributed by atoms with van der Waals surface area (Å²) in [6, 6.07) is 2.93. The molecule has 1 aromatic heterocycles. The number of unbranched alkanes of at least 4 members (excludes halogenated alkanes) is 1. The fourth-order valence-electron chi connectivity index (χ4n) is 1.74. The first kappa shape index (κ1) is 15.1. The fourth-order valence-corrected chi connectivity index (χ4v) is 1.74. The molecule has 0 unspecified atom stereocenters. The number of nitrogens with one attached hydrogen (secondary N) is 1. The molecule has 5 nitrogen and oxygen atoms in total. The predicted molar refractivity (Wildman–Crippen MR) is 71.6 cm³/mol. The number of hydrogen-bond acceptors (Lipinski definition) is 3. The lowest BCUT2D eigenvalue weighted by molar-refractivity contribution is -0.142. The van der Waals surface area contributed by atoms with Crippen molar-refractivity contribution in [3.05, 3.63) is 30.1 Å². The van der Waals surface area contributed by atoms with E-state index in [4.69, 9.17) is 5.11 Å². The molecule has 1 aromatic rings. The molecule has 19 heavy (non-hydrogen) atoms. The molecule has 0 saturated heterocycles. The second-order valence-electron chi connectivity index (χ2n) is 4.46. The first-order valence-electron chi connectivity index (χ1n) is 6.54. The van der Waals surface area contributed by atoms with Gasteiger partial charge in [-0.05, 0) is 24.5 Å². The van der Waals surface area contributed by atoms with Gasteiger partial charge in [-0.3, -0.25) is 9.78 Å². The molecule has 5 heteroatoms. The largest absolute Gasteiger partial charge is 0.480 e. The van der Waals surface area contributed by atoms with E-state index in [1.54, 1.807) is 12.4 Å². The summed E-state index contributed by atoms with van der Waals surface area (Å²) < 4.78 is 0. The highest BCUT2D eigenvalue weighted by molar-refractivity contribution is 5.83. The van der Waals surface area contributed by atoms with Crippen LogP contribution < -0.4 is 5.32 Å². The third kappa shape index (κ3) is 5.99. The lowest BCUT2D eigenvalue weighted by Gasteiger charge is -2.13. The van der Waals surface area contributed by atoms with Crippen LogP contribution in [0.15, 0.2) is 24.5 Å². The number of aliphatic carboxylic acids is 1. The SMILES string of the molecule is CCCC[C@H](NC(=O)CCc1cccnc1)C(=O)O. The van der Waals surface area contributed by atoms with Gasteiger partial charge in [-0.1, -0.05) is 25.8 Å². The fraction of sp³-hybridized carbons (Fsp3) is 0.500. The molecule has 0 radical (unpaired) electrons. The van der Waals surface area contributed by atoms with Gasteiger partial charge in [0.05, 0.1) is 0 Å². The monoisotopic (exact) mass is 264 g/mol. The molecule has 0 saturated carbocycles. The smallest absolute Gasteiger partial charge is 0.326 e. The Morgan fingerprint density at radius 3 is 2.84 bits per heavy atom. The minimum absolute atomic E-state index is 0.229. The molecule has 1 rings (SSSR count). The Morgan fingerprint density at radius 2 is 2.26 bits per heavy atom. The van der Waals surface area contributed by atoms with E-state index >= 15 is 0 Å². The summed E-state index contributed by atoms with van der Waals surface area (Å²) in [7, 11) is 0. The van der Waals surface area contributed by atoms with Crippen LogP contribution in [0.2, 0.25) is 0 Å². The number of carbonyl (C=O) groups is 2. The van der Waals surface area contributed by atoms with E-state index in [2.05, 4.69) is 10.3 Å². The molecule has 0 fully saturated rings. The molecule has 0 bridgehead atoms. The van der Waals surface area contributed by atoms with E-state index in [1.807, 2.05) is 19.1 Å². The van der Waals surface area contributed by atoms with Gasteiger partial charge in [0.25, 0.3) is 0 Å². The van der Waals surface area contributed by atoms with Crippen LogP contribution in [0.4, 0.5) is 0 Å². The van der Waals surface area contributed by atoms with Gasteiger partial charge in [0.15, 0.2) is 0 Å². The first-order valence-corrected chi connectivity index (χ1v) is 6.54. The third-order valence-electron chi connectivity index (χ3n) is 2.84. The van der Waals surface area contributed by atoms with Gasteiger partial charge in [-0.15, -0.1) is 0 Å². The zero-order valence-electron chi connectivity index (χ0n) is 11.1. The van der Waals surface area contributed by atoms with Gasteiger partial charge >= 0.3 is 5.97 Å². The summed E-state index contributed by atoms with van der Waals surface area (Å²) in [5, 5.41) is 11.6. The first-order chi connectivity index (χ1) is 9.13. The van der Waals surface area contributed by atoms with Crippen LogP contribution in [-0.4, -0.2) is 28.0 Å². The molecule has 104 valence electrons. The number of nitrogens with zero attached hydrogens (tertiary/aromatic N) is 1. The van der Waals surface area contributed by atoms with E-state index in [1.165, 1.54) is 0 Å². The second kappa shape index (κ2) is 8.24. The molecular formula is C14H20N2O3. The highest BCUT2D eigenvalue weighted by Crippen LogP contribution is 2.03. The van der Waals surface area contributed by atoms with Crippen LogP contribution in [0.3, 0.4) is 0 Å². The molecule has 0 aliphatic carbocycles. The standard InChI is InChI=1S/C14H20N2O3/c1-2-3-6-12(14(18)19)16-13(17)8-7-11-5-4-9-15-10-11/h4-5,9-10,12H,2-3,6-8H2,1H3,(H,16,17)(H,18,19)/t12-/m0/s1. The number of carbonyl (C=O) groups excluding carboxylic acids is 1. The highest BCUT2D eigenvalue weighted by atomic mass is 16.4. The van der Waals surface area contributed by atoms with Crippen LogP contribution in [0.25, 0.3) is 0 Å². The maximum Gasteiger partial charge on any atom is 0.326 e. The summed E-state index contributed by atoms with van der Waals surface area (Å²) >= 11 is 0. The number of amides is 1. The summed E-state index contributed by atoms with van der Waals surface area (Å²) in [5.74, 6) is -1.20. The van der Waals surface area contributed by atoms with Crippen LogP contribution in [0.1, 0.15) is 38.2 Å². The summed E-state index contributed by atoms with van der Waals surface area (Å²) in [5.41, 5.74) is 0.970. The minimum atomic E-state index is -0.969. The van der Waals surface area contributed by atoms with E-state index in [-0.39, 0.29) is 12.3 Å². The normalized spacial score (nSPS) is 11.8. The average molecular weight is 264 g/mol. The van der Waals surface area contributed by atoms with Crippen LogP contribution in [-0.2, 0) is 16.0 Å². The van der Waals surface area contributed by atoms with Crippen molar-refractivity contribution in [3.8, 4) is 0 Å². The van der Waals surface area contributed by atoms with Crippen LogP contribution in [0.5, 0.6) is 0 Å².